The number of carbonyl (C=O) groups is 2. The van der Waals surface area contributed by atoms with Gasteiger partial charge in [-0.25, -0.2) is 4.79 Å². The van der Waals surface area contributed by atoms with E-state index < -0.39 is 26.0 Å². The van der Waals surface area contributed by atoms with Crippen LogP contribution < -0.4 is 9.67 Å². The summed E-state index contributed by atoms with van der Waals surface area (Å²) in [6.45, 7) is 1.23. The van der Waals surface area contributed by atoms with Crippen LogP contribution in [0.2, 0.25) is 0 Å². The number of rotatable bonds is 3. The molecule has 128 valence electrons. The molecule has 0 saturated heterocycles. The molecule has 0 radical (unpaired) electrons. The molecule has 0 aliphatic rings. The summed E-state index contributed by atoms with van der Waals surface area (Å²) in [5.41, 5.74) is 0.210. The topological polar surface area (TPSA) is 157 Å². The van der Waals surface area contributed by atoms with Gasteiger partial charge in [-0.3, -0.25) is 4.98 Å². The Morgan fingerprint density at radius 3 is 2.29 bits per heavy atom. The second kappa shape index (κ2) is 8.30. The molecule has 0 unspecified atom stereocenters. The number of carboxylic acids is 1. The third-order valence-corrected chi connectivity index (χ3v) is 4.53. The van der Waals surface area contributed by atoms with E-state index in [2.05, 4.69) is 10.3 Å². The van der Waals surface area contributed by atoms with Crippen LogP contribution in [-0.4, -0.2) is 49.4 Å². The summed E-state index contributed by atoms with van der Waals surface area (Å²) in [4.78, 5) is 24.5. The van der Waals surface area contributed by atoms with Gasteiger partial charge in [-0.1, -0.05) is 0 Å². The first-order valence-electron chi connectivity index (χ1n) is 6.41. The van der Waals surface area contributed by atoms with Gasteiger partial charge in [0, 0.05) is 12.4 Å². The van der Waals surface area contributed by atoms with Gasteiger partial charge in [0.1, 0.15) is 0 Å². The van der Waals surface area contributed by atoms with E-state index in [0.29, 0.717) is 0 Å². The van der Waals surface area contributed by atoms with E-state index in [1.165, 1.54) is 25.4 Å². The Morgan fingerprint density at radius 2 is 1.88 bits per heavy atom. The number of aromatic hydroxyl groups is 1. The number of carboxylic acid groups (broad SMARTS) is 1. The van der Waals surface area contributed by atoms with Crippen molar-refractivity contribution < 1.29 is 31.7 Å². The Hall–Kier alpha value is -2.61. The number of phenols is 1. The van der Waals surface area contributed by atoms with E-state index in [1.54, 1.807) is 6.07 Å². The molecule has 10 heteroatoms. The number of nitrogens with one attached hydrogen (secondary N) is 1. The van der Waals surface area contributed by atoms with E-state index >= 15 is 0 Å². The van der Waals surface area contributed by atoms with Crippen molar-refractivity contribution in [1.29, 1.82) is 0 Å². The molecule has 2 rings (SSSR count). The molecule has 0 aliphatic carbocycles. The summed E-state index contributed by atoms with van der Waals surface area (Å²) >= 11 is -4.98. The molecular formula is C14H15AsN2O7. The van der Waals surface area contributed by atoms with Gasteiger partial charge in [-0.2, -0.15) is 0 Å². The number of carbonyl (C=O) groups excluding carboxylic acids is 1. The number of aromatic nitrogens is 1. The number of pyridine rings is 1. The molecule has 0 spiro atoms. The number of anilines is 1. The molecule has 1 heterocycles. The third-order valence-electron chi connectivity index (χ3n) is 2.54. The Balaban J connectivity index is 0.000000272. The predicted octanol–water partition coefficient (Wildman–Crippen LogP) is -0.309. The smallest absolute Gasteiger partial charge is 0.337 e. The summed E-state index contributed by atoms with van der Waals surface area (Å²) < 4.78 is 28.6. The Kier molecular flexibility index (Phi) is 6.72. The van der Waals surface area contributed by atoms with Gasteiger partial charge in [0.05, 0.1) is 5.56 Å². The normalized spacial score (nSPS) is 10.3. The zero-order chi connectivity index (χ0) is 18.3. The first-order chi connectivity index (χ1) is 11.1. The number of aromatic carboxylic acids is 1. The summed E-state index contributed by atoms with van der Waals surface area (Å²) in [6, 6.07) is 6.40. The Bertz CT molecular complexity index is 774. The molecular weight excluding hydrogens is 383 g/mol. The second-order valence-electron chi connectivity index (χ2n) is 4.47. The van der Waals surface area contributed by atoms with Crippen molar-refractivity contribution in [3.8, 4) is 5.75 Å². The van der Waals surface area contributed by atoms with Crippen molar-refractivity contribution in [2.24, 2.45) is 0 Å². The SMILES string of the molecule is CC(=O)Nc1cc([As](=O)(O)O)ccc1O.O=C(O)c1cccnc1. The average molecular weight is 398 g/mol. The van der Waals surface area contributed by atoms with Crippen LogP contribution in [0.25, 0.3) is 0 Å². The van der Waals surface area contributed by atoms with Crippen LogP contribution in [0.5, 0.6) is 5.75 Å². The zero-order valence-electron chi connectivity index (χ0n) is 12.4. The minimum atomic E-state index is -4.98. The van der Waals surface area contributed by atoms with Crippen LogP contribution in [0, 0.1) is 0 Å². The monoisotopic (exact) mass is 398 g/mol. The molecule has 0 atom stereocenters. The molecule has 1 amide bonds. The minimum absolute atomic E-state index is 0.00951. The van der Waals surface area contributed by atoms with Crippen molar-refractivity contribution >= 4 is 36.1 Å². The number of benzene rings is 1. The molecule has 1 aromatic carbocycles. The average Bonchev–Trinajstić information content (AvgIpc) is 2.49. The quantitative estimate of drug-likeness (QED) is 0.348. The van der Waals surface area contributed by atoms with Gasteiger partial charge < -0.3 is 5.11 Å². The largest absolute Gasteiger partial charge is 0.478 e. The molecule has 0 fully saturated rings. The van der Waals surface area contributed by atoms with Crippen molar-refractivity contribution in [3.05, 3.63) is 48.3 Å². The van der Waals surface area contributed by atoms with Crippen molar-refractivity contribution in [1.82, 2.24) is 4.98 Å². The summed E-state index contributed by atoms with van der Waals surface area (Å²) in [5.74, 6) is -1.61. The van der Waals surface area contributed by atoms with Gasteiger partial charge in [0.25, 0.3) is 0 Å². The molecule has 0 aliphatic heterocycles. The zero-order valence-corrected chi connectivity index (χ0v) is 14.3. The number of phenolic OH excluding ortho intramolecular Hbond substituents is 1. The summed E-state index contributed by atoms with van der Waals surface area (Å²) in [6.07, 6.45) is 2.84. The number of nitrogens with zero attached hydrogens (tertiary/aromatic N) is 1. The van der Waals surface area contributed by atoms with Gasteiger partial charge >= 0.3 is 94.1 Å². The Morgan fingerprint density at radius 1 is 1.21 bits per heavy atom. The molecule has 0 saturated carbocycles. The summed E-state index contributed by atoms with van der Waals surface area (Å²) in [5, 5.41) is 19.9. The van der Waals surface area contributed by atoms with Gasteiger partial charge in [0.15, 0.2) is 0 Å². The van der Waals surface area contributed by atoms with Crippen LogP contribution in [-0.2, 0) is 8.53 Å². The third kappa shape index (κ3) is 6.25. The molecule has 1 aromatic heterocycles. The van der Waals surface area contributed by atoms with Crippen LogP contribution in [0.4, 0.5) is 5.69 Å². The maximum Gasteiger partial charge on any atom is 0.337 e. The molecule has 9 nitrogen and oxygen atoms in total. The summed E-state index contributed by atoms with van der Waals surface area (Å²) in [7, 11) is 0. The Labute approximate surface area is 139 Å². The van der Waals surface area contributed by atoms with Crippen molar-refractivity contribution in [2.75, 3.05) is 5.32 Å². The molecule has 24 heavy (non-hydrogen) atoms. The standard InChI is InChI=1S/C8H10AsNO5.C6H5NO2/c1-5(11)10-7-4-6(9(13,14)15)2-3-8(7)12;8-6(9)5-2-1-3-7-4-5/h2-4,12H,1H3,(H,10,11)(H2,13,14,15);1-4H,(H,8,9). The number of amides is 1. The molecule has 5 N–H and O–H groups in total. The van der Waals surface area contributed by atoms with E-state index in [-0.39, 0.29) is 21.4 Å². The first kappa shape index (κ1) is 19.4. The van der Waals surface area contributed by atoms with Crippen molar-refractivity contribution in [3.63, 3.8) is 0 Å². The van der Waals surface area contributed by atoms with E-state index in [9.17, 15) is 18.4 Å². The fraction of sp³-hybridized carbons (Fsp3) is 0.0714. The number of hydrogen-bond donors (Lipinski definition) is 5. The first-order valence-corrected chi connectivity index (χ1v) is 9.79. The second-order valence-corrected chi connectivity index (χ2v) is 7.84. The molecule has 2 aromatic rings. The van der Waals surface area contributed by atoms with Gasteiger partial charge in [0.2, 0.25) is 0 Å². The van der Waals surface area contributed by atoms with Crippen molar-refractivity contribution in [2.45, 2.75) is 6.92 Å². The maximum absolute atomic E-state index is 10.9. The fourth-order valence-electron chi connectivity index (χ4n) is 1.48. The number of hydrogen-bond acceptors (Lipinski definition) is 5. The van der Waals surface area contributed by atoms with Gasteiger partial charge in [-0.15, -0.1) is 0 Å². The molecule has 0 bridgehead atoms. The van der Waals surface area contributed by atoms with E-state index in [1.807, 2.05) is 0 Å². The van der Waals surface area contributed by atoms with Crippen LogP contribution in [0.1, 0.15) is 17.3 Å². The van der Waals surface area contributed by atoms with Crippen LogP contribution >= 0.6 is 0 Å². The van der Waals surface area contributed by atoms with Crippen LogP contribution in [0.3, 0.4) is 0 Å². The predicted molar refractivity (Wildman–Crippen MR) is 84.1 cm³/mol. The van der Waals surface area contributed by atoms with E-state index in [0.717, 1.165) is 18.2 Å². The van der Waals surface area contributed by atoms with E-state index in [4.69, 9.17) is 13.3 Å². The fourth-order valence-corrected chi connectivity index (χ4v) is 2.67. The van der Waals surface area contributed by atoms with Gasteiger partial charge in [-0.05, 0) is 12.1 Å². The van der Waals surface area contributed by atoms with Crippen LogP contribution in [0.15, 0.2) is 42.7 Å². The maximum atomic E-state index is 10.9. The minimum Gasteiger partial charge on any atom is -0.478 e.